The van der Waals surface area contributed by atoms with Gasteiger partial charge in [0, 0.05) is 38.8 Å². The Morgan fingerprint density at radius 2 is 1.54 bits per heavy atom. The molecule has 0 bridgehead atoms. The lowest BCUT2D eigenvalue weighted by Gasteiger charge is -2.34. The lowest BCUT2D eigenvalue weighted by atomic mass is 10.1. The van der Waals surface area contributed by atoms with E-state index in [4.69, 9.17) is 0 Å². The van der Waals surface area contributed by atoms with Gasteiger partial charge in [-0.15, -0.1) is 0 Å². The predicted octanol–water partition coefficient (Wildman–Crippen LogP) is 2.75. The number of rotatable bonds is 3. The van der Waals surface area contributed by atoms with E-state index in [1.54, 1.807) is 29.0 Å². The van der Waals surface area contributed by atoms with Crippen molar-refractivity contribution in [1.29, 1.82) is 0 Å². The second kappa shape index (κ2) is 7.56. The second-order valence-electron chi connectivity index (χ2n) is 6.73. The number of hydrogen-bond acceptors (Lipinski definition) is 4. The second-order valence-corrected chi connectivity index (χ2v) is 6.73. The van der Waals surface area contributed by atoms with Crippen molar-refractivity contribution in [1.82, 2.24) is 14.8 Å². The molecule has 2 aromatic rings. The maximum atomic E-state index is 12.6. The first-order valence-electron chi connectivity index (χ1n) is 8.78. The van der Waals surface area contributed by atoms with Gasteiger partial charge in [0.1, 0.15) is 5.69 Å². The number of nitrogens with zero attached hydrogens (tertiary/aromatic N) is 3. The Bertz CT molecular complexity index is 789. The summed E-state index contributed by atoms with van der Waals surface area (Å²) in [6.07, 6.45) is 1.68. The molecule has 26 heavy (non-hydrogen) atoms. The van der Waals surface area contributed by atoms with Crippen LogP contribution < -0.4 is 5.32 Å². The fourth-order valence-electron chi connectivity index (χ4n) is 3.19. The summed E-state index contributed by atoms with van der Waals surface area (Å²) in [5.41, 5.74) is 4.65. The molecular formula is C20H24N4O2. The normalized spacial score (nSPS) is 14.3. The molecule has 1 N–H and O–H groups in total. The highest BCUT2D eigenvalue weighted by Crippen LogP contribution is 2.19. The summed E-state index contributed by atoms with van der Waals surface area (Å²) in [5.74, 6) is -0.0387. The Kier molecular flexibility index (Phi) is 5.21. The molecule has 2 amide bonds. The number of hydrogen-bond donors (Lipinski definition) is 1. The van der Waals surface area contributed by atoms with Crippen molar-refractivity contribution in [3.05, 3.63) is 53.3 Å². The number of anilines is 2. The average molecular weight is 352 g/mol. The molecule has 1 aromatic heterocycles. The number of aromatic nitrogens is 1. The number of pyridine rings is 1. The van der Waals surface area contributed by atoms with E-state index in [2.05, 4.69) is 42.3 Å². The molecule has 1 aromatic carbocycles. The van der Waals surface area contributed by atoms with E-state index >= 15 is 0 Å². The molecule has 0 spiro atoms. The lowest BCUT2D eigenvalue weighted by molar-refractivity contribution is -0.130. The van der Waals surface area contributed by atoms with E-state index in [0.29, 0.717) is 31.9 Å². The molecular weight excluding hydrogens is 328 g/mol. The Hall–Kier alpha value is -2.89. The number of carbonyl (C=O) groups excluding carboxylic acids is 2. The Morgan fingerprint density at radius 3 is 2.08 bits per heavy atom. The zero-order valence-electron chi connectivity index (χ0n) is 15.5. The first kappa shape index (κ1) is 17.9. The fraction of sp³-hybridized carbons (Fsp3) is 0.350. The molecule has 3 rings (SSSR count). The molecule has 0 aliphatic carbocycles. The Labute approximate surface area is 153 Å². The molecule has 0 radical (unpaired) electrons. The third-order valence-electron chi connectivity index (χ3n) is 4.51. The standard InChI is InChI=1S/C20H24N4O2/c1-14-10-15(2)12-18(11-14)22-17-4-5-19(21-13-17)20(26)24-8-6-23(7-9-24)16(3)25/h4-5,10-13,22H,6-9H2,1-3H3. The molecule has 0 unspecified atom stereocenters. The van der Waals surface area contributed by atoms with Gasteiger partial charge < -0.3 is 15.1 Å². The van der Waals surface area contributed by atoms with Gasteiger partial charge in [0.25, 0.3) is 5.91 Å². The summed E-state index contributed by atoms with van der Waals surface area (Å²) in [5, 5.41) is 3.32. The highest BCUT2D eigenvalue weighted by molar-refractivity contribution is 5.92. The van der Waals surface area contributed by atoms with Crippen LogP contribution >= 0.6 is 0 Å². The molecule has 6 nitrogen and oxygen atoms in total. The maximum Gasteiger partial charge on any atom is 0.272 e. The van der Waals surface area contributed by atoms with Crippen LogP contribution in [0.4, 0.5) is 11.4 Å². The maximum absolute atomic E-state index is 12.6. The van der Waals surface area contributed by atoms with Crippen LogP contribution in [0.25, 0.3) is 0 Å². The number of nitrogens with one attached hydrogen (secondary N) is 1. The van der Waals surface area contributed by atoms with Gasteiger partial charge in [-0.05, 0) is 49.2 Å². The van der Waals surface area contributed by atoms with Gasteiger partial charge in [-0.2, -0.15) is 0 Å². The van der Waals surface area contributed by atoms with Crippen LogP contribution in [-0.2, 0) is 4.79 Å². The summed E-state index contributed by atoms with van der Waals surface area (Å²) in [4.78, 5) is 31.8. The SMILES string of the molecule is CC(=O)N1CCN(C(=O)c2ccc(Nc3cc(C)cc(C)c3)cn2)CC1. The predicted molar refractivity (Wildman–Crippen MR) is 102 cm³/mol. The largest absolute Gasteiger partial charge is 0.354 e. The summed E-state index contributed by atoms with van der Waals surface area (Å²) in [6.45, 7) is 7.92. The van der Waals surface area contributed by atoms with Gasteiger partial charge in [-0.3, -0.25) is 9.59 Å². The highest BCUT2D eigenvalue weighted by Gasteiger charge is 2.23. The van der Waals surface area contributed by atoms with E-state index in [9.17, 15) is 9.59 Å². The monoisotopic (exact) mass is 352 g/mol. The quantitative estimate of drug-likeness (QED) is 0.922. The summed E-state index contributed by atoms with van der Waals surface area (Å²) >= 11 is 0. The first-order chi connectivity index (χ1) is 12.4. The van der Waals surface area contributed by atoms with Crippen molar-refractivity contribution >= 4 is 23.2 Å². The van der Waals surface area contributed by atoms with Crippen LogP contribution in [0.2, 0.25) is 0 Å². The number of aryl methyl sites for hydroxylation is 2. The van der Waals surface area contributed by atoms with E-state index in [0.717, 1.165) is 11.4 Å². The van der Waals surface area contributed by atoms with Crippen LogP contribution in [0.15, 0.2) is 36.5 Å². The Balaban J connectivity index is 1.64. The van der Waals surface area contributed by atoms with Crippen LogP contribution in [-0.4, -0.2) is 52.8 Å². The van der Waals surface area contributed by atoms with Crippen molar-refractivity contribution < 1.29 is 9.59 Å². The summed E-state index contributed by atoms with van der Waals surface area (Å²) in [7, 11) is 0. The van der Waals surface area contributed by atoms with Crippen LogP contribution in [0.5, 0.6) is 0 Å². The third kappa shape index (κ3) is 4.20. The molecule has 0 saturated carbocycles. The van der Waals surface area contributed by atoms with Crippen LogP contribution in [0.3, 0.4) is 0 Å². The van der Waals surface area contributed by atoms with Gasteiger partial charge in [0.15, 0.2) is 0 Å². The van der Waals surface area contributed by atoms with Crippen molar-refractivity contribution in [2.45, 2.75) is 20.8 Å². The van der Waals surface area contributed by atoms with Gasteiger partial charge in [0.05, 0.1) is 11.9 Å². The molecule has 6 heteroatoms. The third-order valence-corrected chi connectivity index (χ3v) is 4.51. The van der Waals surface area contributed by atoms with E-state index in [1.165, 1.54) is 11.1 Å². The summed E-state index contributed by atoms with van der Waals surface area (Å²) < 4.78 is 0. The number of benzene rings is 1. The molecule has 2 heterocycles. The van der Waals surface area contributed by atoms with E-state index in [1.807, 2.05) is 6.07 Å². The summed E-state index contributed by atoms with van der Waals surface area (Å²) in [6, 6.07) is 9.87. The number of amides is 2. The van der Waals surface area contributed by atoms with Crippen molar-refractivity contribution in [3.8, 4) is 0 Å². The average Bonchev–Trinajstić information content (AvgIpc) is 2.61. The van der Waals surface area contributed by atoms with Crippen LogP contribution in [0.1, 0.15) is 28.5 Å². The zero-order valence-corrected chi connectivity index (χ0v) is 15.5. The zero-order chi connectivity index (χ0) is 18.7. The first-order valence-corrected chi connectivity index (χ1v) is 8.78. The smallest absolute Gasteiger partial charge is 0.272 e. The van der Waals surface area contributed by atoms with E-state index in [-0.39, 0.29) is 11.8 Å². The van der Waals surface area contributed by atoms with Crippen molar-refractivity contribution in [3.63, 3.8) is 0 Å². The highest BCUT2D eigenvalue weighted by atomic mass is 16.2. The topological polar surface area (TPSA) is 65.5 Å². The Morgan fingerprint density at radius 1 is 0.923 bits per heavy atom. The molecule has 1 aliphatic heterocycles. The molecule has 1 fully saturated rings. The molecule has 136 valence electrons. The number of piperazine rings is 1. The minimum Gasteiger partial charge on any atom is -0.354 e. The van der Waals surface area contributed by atoms with Crippen molar-refractivity contribution in [2.24, 2.45) is 0 Å². The number of carbonyl (C=O) groups is 2. The molecule has 0 atom stereocenters. The van der Waals surface area contributed by atoms with Gasteiger partial charge in [0.2, 0.25) is 5.91 Å². The van der Waals surface area contributed by atoms with E-state index < -0.39 is 0 Å². The van der Waals surface area contributed by atoms with Crippen molar-refractivity contribution in [2.75, 3.05) is 31.5 Å². The molecule has 1 saturated heterocycles. The fourth-order valence-corrected chi connectivity index (χ4v) is 3.19. The van der Waals surface area contributed by atoms with Crippen LogP contribution in [0, 0.1) is 13.8 Å². The lowest BCUT2D eigenvalue weighted by Crippen LogP contribution is -2.50. The van der Waals surface area contributed by atoms with Gasteiger partial charge in [-0.1, -0.05) is 6.07 Å². The minimum atomic E-state index is -0.0915. The minimum absolute atomic E-state index is 0.0528. The van der Waals surface area contributed by atoms with Gasteiger partial charge >= 0.3 is 0 Å². The molecule has 1 aliphatic rings. The van der Waals surface area contributed by atoms with Gasteiger partial charge in [-0.25, -0.2) is 4.98 Å².